The molecule has 93 heavy (non-hydrogen) atoms. The van der Waals surface area contributed by atoms with Gasteiger partial charge in [0.15, 0.2) is 17.1 Å². The van der Waals surface area contributed by atoms with Crippen LogP contribution in [-0.2, 0) is 13.0 Å². The number of aromatic nitrogens is 21. The molecule has 0 spiro atoms. The third-order valence-electron chi connectivity index (χ3n) is 13.2. The zero-order chi connectivity index (χ0) is 67.8. The standard InChI is InChI=1S/C10H16N2.C10H12N2.2C9H11N3.C6H5N3.C6H10N2.3C5H8N2O.C4H10/c2*1-8(2)9-7-12-6-4-3-5-10(12)11-9;1-7(2)8-6-12-4-3-10-5-9(12)11-8;1-7(2)8-6-12-5-3-4-10-9(12)11-8;1-2-5-6(7-3-1)9-4-8-5;1-5(2)6-7-3-4-8-6;1-4(2)5-7-6-3-8-5;1-4(2)5-6-3-8-7-5;1-4(2)5-3-6-8-7-5;1-4(2)3/h7-8H,3-6H2,1-2H3;3-8H,1-2H3;2*3-7H,1-2H3;1-4H,(H,7,8,9);3-5H,1-2H3,(H,7,8);3*3-4H,1-2H3;4H,1-3H3. The fourth-order valence-electron chi connectivity index (χ4n) is 7.87. The molecule has 0 fully saturated rings. The summed E-state index contributed by atoms with van der Waals surface area (Å²) in [6.45, 7) is 41.3. The Balaban J connectivity index is 0.000000189. The molecular formula is C69H99N21O3. The van der Waals surface area contributed by atoms with Crippen LogP contribution in [0.5, 0.6) is 0 Å². The normalized spacial score (nSPS) is 11.4. The Labute approximate surface area is 547 Å². The Kier molecular flexibility index (Phi) is 31.0. The molecule has 0 bridgehead atoms. The Bertz CT molecular complexity index is 3480. The Morgan fingerprint density at radius 3 is 1.63 bits per heavy atom. The number of fused-ring (bicyclic) bond motifs is 5. The first-order valence-corrected chi connectivity index (χ1v) is 32.1. The molecular weight excluding hydrogens is 1170 g/mol. The van der Waals surface area contributed by atoms with E-state index in [2.05, 4.69) is 206 Å². The van der Waals surface area contributed by atoms with Gasteiger partial charge in [-0.05, 0) is 72.8 Å². The molecule has 0 amide bonds. The molecule has 0 saturated heterocycles. The summed E-state index contributed by atoms with van der Waals surface area (Å²) in [5.74, 6) is 9.10. The van der Waals surface area contributed by atoms with Crippen molar-refractivity contribution in [3.63, 3.8) is 0 Å². The van der Waals surface area contributed by atoms with Gasteiger partial charge in [-0.2, -0.15) is 4.98 Å². The molecule has 24 nitrogen and oxygen atoms in total. The van der Waals surface area contributed by atoms with E-state index in [0.29, 0.717) is 53.2 Å². The Morgan fingerprint density at radius 1 is 0.495 bits per heavy atom. The smallest absolute Gasteiger partial charge is 0.233 e. The first kappa shape index (κ1) is 74.1. The quantitative estimate of drug-likeness (QED) is 0.143. The maximum absolute atomic E-state index is 4.87. The van der Waals surface area contributed by atoms with E-state index in [-0.39, 0.29) is 0 Å². The highest BCUT2D eigenvalue weighted by atomic mass is 16.6. The number of pyridine rings is 2. The highest BCUT2D eigenvalue weighted by Crippen LogP contribution is 2.20. The molecule has 0 saturated carbocycles. The van der Waals surface area contributed by atoms with Crippen LogP contribution in [-0.4, -0.2) is 103 Å². The minimum Gasteiger partial charge on any atom is -0.428 e. The highest BCUT2D eigenvalue weighted by molar-refractivity contribution is 5.68. The minimum absolute atomic E-state index is 0.345. The molecule has 2 N–H and O–H groups in total. The van der Waals surface area contributed by atoms with Crippen molar-refractivity contribution in [1.29, 1.82) is 0 Å². The lowest BCUT2D eigenvalue weighted by atomic mass is 10.2. The maximum atomic E-state index is 4.87. The third-order valence-corrected chi connectivity index (χ3v) is 13.2. The second-order valence-corrected chi connectivity index (χ2v) is 25.0. The van der Waals surface area contributed by atoms with Gasteiger partial charge in [-0.15, -0.1) is 10.2 Å². The van der Waals surface area contributed by atoms with Gasteiger partial charge in [-0.3, -0.25) is 9.38 Å². The maximum Gasteiger partial charge on any atom is 0.233 e. The molecule has 498 valence electrons. The average molecular weight is 1270 g/mol. The van der Waals surface area contributed by atoms with Crippen LogP contribution in [0.1, 0.15) is 244 Å². The average Bonchev–Trinajstić information content (AvgIpc) is 1.80. The number of nitrogens with zero attached hydrogens (tertiary/aromatic N) is 19. The molecule has 24 heteroatoms. The Morgan fingerprint density at radius 2 is 1.14 bits per heavy atom. The first-order valence-electron chi connectivity index (χ1n) is 32.1. The second kappa shape index (κ2) is 38.9. The van der Waals surface area contributed by atoms with Gasteiger partial charge < -0.3 is 32.3 Å². The van der Waals surface area contributed by atoms with Gasteiger partial charge in [-0.25, -0.2) is 44.5 Å². The number of nitrogens with one attached hydrogen (secondary N) is 2. The van der Waals surface area contributed by atoms with E-state index in [1.165, 1.54) is 50.1 Å². The van der Waals surface area contributed by atoms with Crippen molar-refractivity contribution in [3.05, 3.63) is 194 Å². The van der Waals surface area contributed by atoms with Crippen LogP contribution in [0, 0.1) is 5.92 Å². The van der Waals surface area contributed by atoms with E-state index >= 15 is 0 Å². The van der Waals surface area contributed by atoms with E-state index in [1.54, 1.807) is 43.5 Å². The lowest BCUT2D eigenvalue weighted by Crippen LogP contribution is -2.08. The van der Waals surface area contributed by atoms with Crippen molar-refractivity contribution in [2.75, 3.05) is 0 Å². The molecule has 13 aromatic rings. The third kappa shape index (κ3) is 25.9. The summed E-state index contributed by atoms with van der Waals surface area (Å²) in [6, 6.07) is 11.8. The lowest BCUT2D eigenvalue weighted by Gasteiger charge is -2.11. The van der Waals surface area contributed by atoms with Crippen molar-refractivity contribution >= 4 is 28.2 Å². The van der Waals surface area contributed by atoms with E-state index < -0.39 is 0 Å². The predicted octanol–water partition coefficient (Wildman–Crippen LogP) is 16.2. The summed E-state index contributed by atoms with van der Waals surface area (Å²) >= 11 is 0. The van der Waals surface area contributed by atoms with Gasteiger partial charge in [0.1, 0.15) is 23.0 Å². The van der Waals surface area contributed by atoms with E-state index in [0.717, 1.165) is 68.6 Å². The van der Waals surface area contributed by atoms with Crippen LogP contribution in [0.4, 0.5) is 0 Å². The van der Waals surface area contributed by atoms with Gasteiger partial charge in [0.2, 0.25) is 24.5 Å². The molecule has 1 aliphatic rings. The van der Waals surface area contributed by atoms with Crippen LogP contribution >= 0.6 is 0 Å². The summed E-state index contributed by atoms with van der Waals surface area (Å²) in [4.78, 5) is 47.8. The fourth-order valence-corrected chi connectivity index (χ4v) is 7.87. The number of imidazole rings is 6. The number of aryl methyl sites for hydroxylation is 2. The zero-order valence-electron chi connectivity index (χ0n) is 58.0. The molecule has 0 aliphatic carbocycles. The topological polar surface area (TPSA) is 283 Å². The van der Waals surface area contributed by atoms with Crippen LogP contribution in [0.15, 0.2) is 156 Å². The van der Waals surface area contributed by atoms with Crippen molar-refractivity contribution in [1.82, 2.24) is 103 Å². The first-order chi connectivity index (χ1) is 44.5. The van der Waals surface area contributed by atoms with Crippen LogP contribution in [0.3, 0.4) is 0 Å². The second-order valence-electron chi connectivity index (χ2n) is 25.0. The molecule has 13 aromatic heterocycles. The van der Waals surface area contributed by atoms with Crippen molar-refractivity contribution in [2.24, 2.45) is 5.92 Å². The van der Waals surface area contributed by atoms with Gasteiger partial charge >= 0.3 is 0 Å². The number of hydrogen-bond acceptors (Lipinski definition) is 18. The molecule has 0 aromatic carbocycles. The summed E-state index contributed by atoms with van der Waals surface area (Å²) in [5.41, 5.74) is 9.23. The van der Waals surface area contributed by atoms with Crippen molar-refractivity contribution < 1.29 is 13.6 Å². The van der Waals surface area contributed by atoms with Gasteiger partial charge in [0, 0.05) is 111 Å². The van der Waals surface area contributed by atoms with E-state index in [1.807, 2.05) is 124 Å². The Hall–Kier alpha value is -9.61. The van der Waals surface area contributed by atoms with Gasteiger partial charge in [-0.1, -0.05) is 153 Å². The van der Waals surface area contributed by atoms with Crippen molar-refractivity contribution in [2.45, 2.75) is 205 Å². The largest absolute Gasteiger partial charge is 0.428 e. The van der Waals surface area contributed by atoms with E-state index in [4.69, 9.17) is 4.42 Å². The van der Waals surface area contributed by atoms with Crippen LogP contribution in [0.25, 0.3) is 28.2 Å². The molecule has 1 aliphatic heterocycles. The fraction of sp³-hybridized carbons (Fsp3) is 0.464. The molecule has 14 rings (SSSR count). The summed E-state index contributed by atoms with van der Waals surface area (Å²) in [7, 11) is 0. The summed E-state index contributed by atoms with van der Waals surface area (Å²) in [5, 5.41) is 17.9. The number of rotatable bonds is 8. The van der Waals surface area contributed by atoms with Gasteiger partial charge in [0.25, 0.3) is 0 Å². The predicted molar refractivity (Wildman–Crippen MR) is 365 cm³/mol. The number of hydrogen-bond donors (Lipinski definition) is 2. The SMILES string of the molecule is CC(C)C.CC(C)c1cn2c(n1)CCCC2.CC(C)c1cn2ccccc2n1.CC(C)c1cn2cccnc2n1.CC(C)c1cn2ccncc2n1.CC(C)c1cnon1.CC(C)c1ncc[nH]1.CC(C)c1ncon1.CC(C)c1nnco1.c1cnc2nc[nH]c2c1. The number of aromatic amines is 2. The van der Waals surface area contributed by atoms with Crippen LogP contribution < -0.4 is 0 Å². The minimum atomic E-state index is 0.345. The van der Waals surface area contributed by atoms with Gasteiger partial charge in [0.05, 0.1) is 47.0 Å². The van der Waals surface area contributed by atoms with Crippen LogP contribution in [0.2, 0.25) is 0 Å². The lowest BCUT2D eigenvalue weighted by molar-refractivity contribution is 0.302. The molecule has 0 atom stereocenters. The highest BCUT2D eigenvalue weighted by Gasteiger charge is 2.14. The summed E-state index contributed by atoms with van der Waals surface area (Å²) < 4.78 is 22.1. The van der Waals surface area contributed by atoms with E-state index in [9.17, 15) is 0 Å². The molecule has 0 radical (unpaired) electrons. The number of H-pyrrole nitrogens is 2. The molecule has 0 unspecified atom stereocenters. The molecule has 14 heterocycles. The van der Waals surface area contributed by atoms with Crippen molar-refractivity contribution in [3.8, 4) is 0 Å². The summed E-state index contributed by atoms with van der Waals surface area (Å²) in [6.07, 6.45) is 34.7. The monoisotopic (exact) mass is 1270 g/mol. The zero-order valence-corrected chi connectivity index (χ0v) is 58.0.